The SMILES string of the molecule is CC(C)NC(=O)c1cc2nc(-n3ccc(-c4ccccc4)n3)nc(N3CCOCC3)n2n1. The number of carbonyl (C=O) groups is 1. The summed E-state index contributed by atoms with van der Waals surface area (Å²) in [6.45, 7) is 6.37. The summed E-state index contributed by atoms with van der Waals surface area (Å²) in [5.74, 6) is 0.774. The first kappa shape index (κ1) is 20.1. The van der Waals surface area contributed by atoms with Crippen LogP contribution in [0.2, 0.25) is 0 Å². The third-order valence-corrected chi connectivity index (χ3v) is 5.10. The Kier molecular flexibility index (Phi) is 5.28. The molecule has 164 valence electrons. The van der Waals surface area contributed by atoms with E-state index in [1.807, 2.05) is 56.4 Å². The van der Waals surface area contributed by atoms with Crippen molar-refractivity contribution in [1.29, 1.82) is 0 Å². The average molecular weight is 432 g/mol. The highest BCUT2D eigenvalue weighted by Gasteiger charge is 2.22. The molecule has 1 aliphatic rings. The second-order valence-electron chi connectivity index (χ2n) is 7.86. The second-order valence-corrected chi connectivity index (χ2v) is 7.86. The zero-order valence-corrected chi connectivity index (χ0v) is 18.0. The van der Waals surface area contributed by atoms with Gasteiger partial charge in [0.05, 0.1) is 18.9 Å². The maximum atomic E-state index is 12.5. The predicted octanol–water partition coefficient (Wildman–Crippen LogP) is 1.95. The predicted molar refractivity (Wildman–Crippen MR) is 119 cm³/mol. The lowest BCUT2D eigenvalue weighted by Gasteiger charge is -2.27. The lowest BCUT2D eigenvalue weighted by molar-refractivity contribution is 0.0937. The molecule has 0 radical (unpaired) electrons. The highest BCUT2D eigenvalue weighted by atomic mass is 16.5. The standard InChI is InChI=1S/C22H24N8O2/c1-15(2)23-20(31)18-14-19-24-21(25-22(30(19)27-18)28-10-12-32-13-11-28)29-9-8-17(26-29)16-6-4-3-5-7-16/h3-9,14-15H,10-13H2,1-2H3,(H,23,31). The van der Waals surface area contributed by atoms with Gasteiger partial charge in [0, 0.05) is 37.0 Å². The van der Waals surface area contributed by atoms with Crippen molar-refractivity contribution in [3.8, 4) is 17.2 Å². The van der Waals surface area contributed by atoms with E-state index >= 15 is 0 Å². The van der Waals surface area contributed by atoms with Crippen LogP contribution in [0.3, 0.4) is 0 Å². The summed E-state index contributed by atoms with van der Waals surface area (Å²) in [4.78, 5) is 24.0. The van der Waals surface area contributed by atoms with Crippen LogP contribution in [0.25, 0.3) is 22.9 Å². The largest absolute Gasteiger partial charge is 0.378 e. The van der Waals surface area contributed by atoms with Crippen LogP contribution in [-0.4, -0.2) is 67.6 Å². The molecule has 0 spiro atoms. The Morgan fingerprint density at radius 2 is 1.84 bits per heavy atom. The zero-order valence-electron chi connectivity index (χ0n) is 18.0. The van der Waals surface area contributed by atoms with Gasteiger partial charge in [-0.05, 0) is 19.9 Å². The molecule has 4 heterocycles. The summed E-state index contributed by atoms with van der Waals surface area (Å²) in [6.07, 6.45) is 1.83. The highest BCUT2D eigenvalue weighted by molar-refractivity contribution is 5.93. The topological polar surface area (TPSA) is 102 Å². The molecule has 5 rings (SSSR count). The highest BCUT2D eigenvalue weighted by Crippen LogP contribution is 2.20. The number of nitrogens with zero attached hydrogens (tertiary/aromatic N) is 7. The molecule has 3 aromatic heterocycles. The van der Waals surface area contributed by atoms with Crippen molar-refractivity contribution in [3.05, 3.63) is 54.4 Å². The van der Waals surface area contributed by atoms with Gasteiger partial charge in [0.2, 0.25) is 5.95 Å². The van der Waals surface area contributed by atoms with Gasteiger partial charge in [-0.15, -0.1) is 0 Å². The molecule has 1 fully saturated rings. The molecule has 10 nitrogen and oxygen atoms in total. The van der Waals surface area contributed by atoms with Gasteiger partial charge in [-0.25, -0.2) is 4.68 Å². The maximum Gasteiger partial charge on any atom is 0.272 e. The Balaban J connectivity index is 1.59. The van der Waals surface area contributed by atoms with Gasteiger partial charge in [0.15, 0.2) is 11.3 Å². The van der Waals surface area contributed by atoms with E-state index in [0.29, 0.717) is 49.5 Å². The molecular weight excluding hydrogens is 408 g/mol. The van der Waals surface area contributed by atoms with Crippen molar-refractivity contribution in [3.63, 3.8) is 0 Å². The Morgan fingerprint density at radius 3 is 2.59 bits per heavy atom. The number of morpholine rings is 1. The van der Waals surface area contributed by atoms with Crippen LogP contribution in [0.4, 0.5) is 5.95 Å². The quantitative estimate of drug-likeness (QED) is 0.514. The minimum atomic E-state index is -0.245. The second kappa shape index (κ2) is 8.39. The summed E-state index contributed by atoms with van der Waals surface area (Å²) in [5, 5.41) is 12.0. The van der Waals surface area contributed by atoms with Crippen LogP contribution >= 0.6 is 0 Å². The van der Waals surface area contributed by atoms with Gasteiger partial charge in [-0.1, -0.05) is 30.3 Å². The summed E-state index contributed by atoms with van der Waals surface area (Å²) < 4.78 is 8.75. The molecule has 1 N–H and O–H groups in total. The van der Waals surface area contributed by atoms with Gasteiger partial charge < -0.3 is 15.0 Å². The lowest BCUT2D eigenvalue weighted by Crippen LogP contribution is -2.38. The molecule has 0 unspecified atom stereocenters. The smallest absolute Gasteiger partial charge is 0.272 e. The summed E-state index contributed by atoms with van der Waals surface area (Å²) in [5.41, 5.74) is 2.66. The maximum absolute atomic E-state index is 12.5. The van der Waals surface area contributed by atoms with Crippen molar-refractivity contribution in [2.24, 2.45) is 0 Å². The minimum absolute atomic E-state index is 0.00755. The number of ether oxygens (including phenoxy) is 1. The van der Waals surface area contributed by atoms with Gasteiger partial charge in [0.1, 0.15) is 0 Å². The van der Waals surface area contributed by atoms with Crippen molar-refractivity contribution in [1.82, 2.24) is 34.7 Å². The number of hydrogen-bond acceptors (Lipinski definition) is 7. The molecule has 0 atom stereocenters. The van der Waals surface area contributed by atoms with Crippen LogP contribution in [0.15, 0.2) is 48.7 Å². The van der Waals surface area contributed by atoms with Crippen molar-refractivity contribution in [2.45, 2.75) is 19.9 Å². The van der Waals surface area contributed by atoms with Crippen molar-refractivity contribution in [2.75, 3.05) is 31.2 Å². The fourth-order valence-corrected chi connectivity index (χ4v) is 3.58. The number of carbonyl (C=O) groups excluding carboxylic acids is 1. The van der Waals surface area contributed by atoms with E-state index in [9.17, 15) is 4.79 Å². The third kappa shape index (κ3) is 3.92. The van der Waals surface area contributed by atoms with Gasteiger partial charge in [-0.3, -0.25) is 4.79 Å². The number of amides is 1. The van der Waals surface area contributed by atoms with E-state index in [1.165, 1.54) is 0 Å². The van der Waals surface area contributed by atoms with E-state index in [1.54, 1.807) is 15.3 Å². The Hall–Kier alpha value is -3.79. The van der Waals surface area contributed by atoms with Gasteiger partial charge in [0.25, 0.3) is 11.9 Å². The molecule has 1 amide bonds. The molecule has 0 bridgehead atoms. The third-order valence-electron chi connectivity index (χ3n) is 5.10. The number of benzene rings is 1. The molecule has 1 aliphatic heterocycles. The number of aromatic nitrogens is 6. The molecule has 32 heavy (non-hydrogen) atoms. The number of rotatable bonds is 5. The monoisotopic (exact) mass is 432 g/mol. The fraction of sp³-hybridized carbons (Fsp3) is 0.318. The van der Waals surface area contributed by atoms with Crippen LogP contribution in [-0.2, 0) is 4.74 Å². The number of fused-ring (bicyclic) bond motifs is 1. The van der Waals surface area contributed by atoms with E-state index in [2.05, 4.69) is 25.4 Å². The van der Waals surface area contributed by atoms with Gasteiger partial charge in [-0.2, -0.15) is 24.7 Å². The normalized spacial score (nSPS) is 14.3. The molecule has 10 heteroatoms. The first-order valence-electron chi connectivity index (χ1n) is 10.6. The summed E-state index contributed by atoms with van der Waals surface area (Å²) >= 11 is 0. The number of anilines is 1. The molecule has 4 aromatic rings. The van der Waals surface area contributed by atoms with E-state index in [0.717, 1.165) is 11.3 Å². The molecule has 1 aromatic carbocycles. The zero-order chi connectivity index (χ0) is 22.1. The number of hydrogen-bond donors (Lipinski definition) is 1. The van der Waals surface area contributed by atoms with Crippen LogP contribution in [0.1, 0.15) is 24.3 Å². The van der Waals surface area contributed by atoms with E-state index in [-0.39, 0.29) is 11.9 Å². The number of nitrogens with one attached hydrogen (secondary N) is 1. The van der Waals surface area contributed by atoms with Crippen molar-refractivity contribution < 1.29 is 9.53 Å². The molecular formula is C22H24N8O2. The van der Waals surface area contributed by atoms with Gasteiger partial charge >= 0.3 is 0 Å². The first-order valence-corrected chi connectivity index (χ1v) is 10.6. The molecule has 0 saturated carbocycles. The van der Waals surface area contributed by atoms with E-state index in [4.69, 9.17) is 9.72 Å². The van der Waals surface area contributed by atoms with E-state index < -0.39 is 0 Å². The van der Waals surface area contributed by atoms with Crippen LogP contribution in [0, 0.1) is 0 Å². The first-order chi connectivity index (χ1) is 15.6. The Bertz CT molecular complexity index is 1240. The summed E-state index contributed by atoms with van der Waals surface area (Å²) in [7, 11) is 0. The average Bonchev–Trinajstić information content (AvgIpc) is 3.47. The minimum Gasteiger partial charge on any atom is -0.378 e. The van der Waals surface area contributed by atoms with Crippen LogP contribution in [0.5, 0.6) is 0 Å². The van der Waals surface area contributed by atoms with Crippen molar-refractivity contribution >= 4 is 17.5 Å². The lowest BCUT2D eigenvalue weighted by atomic mass is 10.2. The fourth-order valence-electron chi connectivity index (χ4n) is 3.58. The Labute approximate surface area is 184 Å². The summed E-state index contributed by atoms with van der Waals surface area (Å²) in [6, 6.07) is 13.5. The molecule has 0 aliphatic carbocycles. The van der Waals surface area contributed by atoms with Crippen LogP contribution < -0.4 is 10.2 Å². The molecule has 1 saturated heterocycles. The Morgan fingerprint density at radius 1 is 1.06 bits per heavy atom.